The monoisotopic (exact) mass is 415 g/mol. The van der Waals surface area contributed by atoms with Crippen LogP contribution in [0.3, 0.4) is 0 Å². The molecule has 3 rings (SSSR count). The van der Waals surface area contributed by atoms with Gasteiger partial charge >= 0.3 is 5.97 Å². The van der Waals surface area contributed by atoms with Gasteiger partial charge in [0.15, 0.2) is 6.61 Å². The van der Waals surface area contributed by atoms with Gasteiger partial charge in [-0.1, -0.05) is 26.0 Å². The van der Waals surface area contributed by atoms with Crippen LogP contribution in [-0.2, 0) is 19.1 Å². The number of carbonyl (C=O) groups is 4. The molecule has 8 nitrogen and oxygen atoms in total. The number of rotatable bonds is 7. The van der Waals surface area contributed by atoms with Crippen molar-refractivity contribution in [3.8, 4) is 0 Å². The van der Waals surface area contributed by atoms with Crippen LogP contribution < -0.4 is 10.2 Å². The molecule has 2 aliphatic heterocycles. The van der Waals surface area contributed by atoms with Crippen LogP contribution in [0.4, 0.5) is 5.69 Å². The standard InChI is InChI=1S/C22H29N3O5/c1-5-15(6-2)23-18(26)13-30-21(29)22-12-11-19(27)25(22)17-10-8-7-9-16(17)20(28)24(22)14(3)4/h7-10,14-15H,5-6,11-13H2,1-4H3,(H,23,26)/t22-/m0/s1. The highest BCUT2D eigenvalue weighted by atomic mass is 16.5. The van der Waals surface area contributed by atoms with Gasteiger partial charge < -0.3 is 15.0 Å². The lowest BCUT2D eigenvalue weighted by Crippen LogP contribution is -2.70. The Balaban J connectivity index is 1.94. The highest BCUT2D eigenvalue weighted by Gasteiger charge is 2.62. The highest BCUT2D eigenvalue weighted by Crippen LogP contribution is 2.45. The van der Waals surface area contributed by atoms with Gasteiger partial charge in [-0.3, -0.25) is 19.3 Å². The first-order valence-electron chi connectivity index (χ1n) is 10.5. The van der Waals surface area contributed by atoms with Gasteiger partial charge in [0.05, 0.1) is 11.3 Å². The molecule has 0 saturated carbocycles. The first kappa shape index (κ1) is 21.8. The second kappa shape index (κ2) is 8.45. The second-order valence-corrected chi connectivity index (χ2v) is 7.99. The number of ether oxygens (including phenoxy) is 1. The van der Waals surface area contributed by atoms with Crippen LogP contribution in [0.15, 0.2) is 24.3 Å². The predicted molar refractivity (Wildman–Crippen MR) is 111 cm³/mol. The van der Waals surface area contributed by atoms with Crippen LogP contribution in [0.2, 0.25) is 0 Å². The molecule has 162 valence electrons. The molecule has 1 fully saturated rings. The number of fused-ring (bicyclic) bond motifs is 3. The predicted octanol–water partition coefficient (Wildman–Crippen LogP) is 2.22. The third-order valence-electron chi connectivity index (χ3n) is 5.83. The Morgan fingerprint density at radius 2 is 1.83 bits per heavy atom. The molecule has 1 N–H and O–H groups in total. The average molecular weight is 415 g/mol. The van der Waals surface area contributed by atoms with Crippen molar-refractivity contribution in [3.63, 3.8) is 0 Å². The zero-order valence-electron chi connectivity index (χ0n) is 17.9. The van der Waals surface area contributed by atoms with Gasteiger partial charge in [0, 0.05) is 24.9 Å². The molecule has 1 atom stereocenters. The molecule has 0 unspecified atom stereocenters. The Kier molecular flexibility index (Phi) is 6.14. The van der Waals surface area contributed by atoms with Crippen molar-refractivity contribution in [1.82, 2.24) is 10.2 Å². The lowest BCUT2D eigenvalue weighted by Gasteiger charge is -2.50. The van der Waals surface area contributed by atoms with Crippen LogP contribution in [0, 0.1) is 0 Å². The van der Waals surface area contributed by atoms with Crippen molar-refractivity contribution in [1.29, 1.82) is 0 Å². The zero-order chi connectivity index (χ0) is 22.1. The summed E-state index contributed by atoms with van der Waals surface area (Å²) in [6.07, 6.45) is 1.78. The normalized spacial score (nSPS) is 20.5. The Morgan fingerprint density at radius 3 is 2.47 bits per heavy atom. The van der Waals surface area contributed by atoms with E-state index in [9.17, 15) is 19.2 Å². The summed E-state index contributed by atoms with van der Waals surface area (Å²) >= 11 is 0. The summed E-state index contributed by atoms with van der Waals surface area (Å²) < 4.78 is 5.39. The third kappa shape index (κ3) is 3.44. The third-order valence-corrected chi connectivity index (χ3v) is 5.83. The van der Waals surface area contributed by atoms with Crippen molar-refractivity contribution < 1.29 is 23.9 Å². The van der Waals surface area contributed by atoms with Crippen LogP contribution in [0.5, 0.6) is 0 Å². The summed E-state index contributed by atoms with van der Waals surface area (Å²) in [5, 5.41) is 2.82. The minimum atomic E-state index is -1.58. The molecular formula is C22H29N3O5. The molecular weight excluding hydrogens is 386 g/mol. The number of carbonyl (C=O) groups excluding carboxylic acids is 4. The molecule has 8 heteroatoms. The number of nitrogens with one attached hydrogen (secondary N) is 1. The molecule has 2 heterocycles. The first-order valence-corrected chi connectivity index (χ1v) is 10.5. The molecule has 0 radical (unpaired) electrons. The van der Waals surface area contributed by atoms with E-state index in [1.165, 1.54) is 9.80 Å². The van der Waals surface area contributed by atoms with Crippen molar-refractivity contribution >= 4 is 29.4 Å². The Hall–Kier alpha value is -2.90. The maximum atomic E-state index is 13.4. The fraction of sp³-hybridized carbons (Fsp3) is 0.545. The quantitative estimate of drug-likeness (QED) is 0.689. The minimum absolute atomic E-state index is 0.00854. The summed E-state index contributed by atoms with van der Waals surface area (Å²) in [5.74, 6) is -1.74. The van der Waals surface area contributed by atoms with Gasteiger partial charge in [-0.2, -0.15) is 0 Å². The van der Waals surface area contributed by atoms with Crippen LogP contribution in [-0.4, -0.2) is 52.9 Å². The molecule has 0 aliphatic carbocycles. The number of esters is 1. The maximum Gasteiger partial charge on any atom is 0.354 e. The van der Waals surface area contributed by atoms with Gasteiger partial charge in [0.1, 0.15) is 0 Å². The molecule has 0 bridgehead atoms. The van der Waals surface area contributed by atoms with Crippen molar-refractivity contribution in [3.05, 3.63) is 29.8 Å². The van der Waals surface area contributed by atoms with Crippen molar-refractivity contribution in [2.45, 2.75) is 71.1 Å². The van der Waals surface area contributed by atoms with Gasteiger partial charge in [-0.25, -0.2) is 4.79 Å². The molecule has 0 spiro atoms. The number of hydrogen-bond acceptors (Lipinski definition) is 5. The number of benzene rings is 1. The number of nitrogens with zero attached hydrogens (tertiary/aromatic N) is 2. The Morgan fingerprint density at radius 1 is 1.17 bits per heavy atom. The van der Waals surface area contributed by atoms with E-state index >= 15 is 0 Å². The lowest BCUT2D eigenvalue weighted by atomic mass is 9.95. The van der Waals surface area contributed by atoms with E-state index < -0.39 is 24.1 Å². The second-order valence-electron chi connectivity index (χ2n) is 7.99. The Bertz CT molecular complexity index is 864. The summed E-state index contributed by atoms with van der Waals surface area (Å²) in [6.45, 7) is 7.06. The number of anilines is 1. The Labute approximate surface area is 176 Å². The first-order chi connectivity index (χ1) is 14.3. The van der Waals surface area contributed by atoms with Gasteiger partial charge in [-0.05, 0) is 38.8 Å². The topological polar surface area (TPSA) is 96.0 Å². The fourth-order valence-corrected chi connectivity index (χ4v) is 4.38. The molecule has 2 aliphatic rings. The lowest BCUT2D eigenvalue weighted by molar-refractivity contribution is -0.161. The summed E-state index contributed by atoms with van der Waals surface area (Å²) in [7, 11) is 0. The van der Waals surface area contributed by atoms with E-state index in [4.69, 9.17) is 4.74 Å². The molecule has 0 aromatic heterocycles. The molecule has 1 saturated heterocycles. The number of amides is 3. The smallest absolute Gasteiger partial charge is 0.354 e. The summed E-state index contributed by atoms with van der Waals surface area (Å²) in [5.41, 5.74) is -0.803. The van der Waals surface area contributed by atoms with E-state index in [1.807, 2.05) is 13.8 Å². The van der Waals surface area contributed by atoms with Gasteiger partial charge in [0.2, 0.25) is 11.6 Å². The SMILES string of the molecule is CCC(CC)NC(=O)COC(=O)[C@]12CCC(=O)N1c1ccccc1C(=O)N2C(C)C. The van der Waals surface area contributed by atoms with Gasteiger partial charge in [0.25, 0.3) is 11.8 Å². The van der Waals surface area contributed by atoms with E-state index in [2.05, 4.69) is 5.32 Å². The van der Waals surface area contributed by atoms with Crippen LogP contribution >= 0.6 is 0 Å². The van der Waals surface area contributed by atoms with E-state index in [-0.39, 0.29) is 36.7 Å². The molecule has 1 aromatic carbocycles. The van der Waals surface area contributed by atoms with Crippen molar-refractivity contribution in [2.75, 3.05) is 11.5 Å². The van der Waals surface area contributed by atoms with Gasteiger partial charge in [-0.15, -0.1) is 0 Å². The largest absolute Gasteiger partial charge is 0.452 e. The molecule has 1 aromatic rings. The summed E-state index contributed by atoms with van der Waals surface area (Å²) in [6, 6.07) is 6.41. The fourth-order valence-electron chi connectivity index (χ4n) is 4.38. The van der Waals surface area contributed by atoms with Crippen molar-refractivity contribution in [2.24, 2.45) is 0 Å². The zero-order valence-corrected chi connectivity index (χ0v) is 17.9. The van der Waals surface area contributed by atoms with Crippen LogP contribution in [0.1, 0.15) is 63.7 Å². The van der Waals surface area contributed by atoms with Crippen LogP contribution in [0.25, 0.3) is 0 Å². The molecule has 3 amide bonds. The highest BCUT2D eigenvalue weighted by molar-refractivity contribution is 6.15. The maximum absolute atomic E-state index is 13.4. The molecule has 30 heavy (non-hydrogen) atoms. The van der Waals surface area contributed by atoms with E-state index in [0.717, 1.165) is 12.8 Å². The average Bonchev–Trinajstić information content (AvgIpc) is 3.08. The summed E-state index contributed by atoms with van der Waals surface area (Å²) in [4.78, 5) is 54.5. The van der Waals surface area contributed by atoms with E-state index in [1.54, 1.807) is 38.1 Å². The number of para-hydroxylation sites is 1. The minimum Gasteiger partial charge on any atom is -0.452 e. The number of hydrogen-bond donors (Lipinski definition) is 1. The van der Waals surface area contributed by atoms with E-state index in [0.29, 0.717) is 11.3 Å².